The molecule has 2 aromatic carbocycles. The fourth-order valence-electron chi connectivity index (χ4n) is 1.67. The molecule has 0 heterocycles. The summed E-state index contributed by atoms with van der Waals surface area (Å²) in [5.41, 5.74) is 0.647. The van der Waals surface area contributed by atoms with Gasteiger partial charge in [-0.05, 0) is 48.9 Å². The number of aryl methyl sites for hydroxylation is 1. The highest BCUT2D eigenvalue weighted by molar-refractivity contribution is 7.91. The van der Waals surface area contributed by atoms with Crippen LogP contribution in [0.25, 0.3) is 0 Å². The number of phenols is 2. The Morgan fingerprint density at radius 1 is 0.889 bits per heavy atom. The largest absolute Gasteiger partial charge is 0.508 e. The molecule has 0 aliphatic heterocycles. The van der Waals surface area contributed by atoms with Gasteiger partial charge in [-0.1, -0.05) is 6.07 Å². The van der Waals surface area contributed by atoms with E-state index in [-0.39, 0.29) is 21.3 Å². The molecule has 0 aliphatic carbocycles. The van der Waals surface area contributed by atoms with E-state index in [9.17, 15) is 18.6 Å². The lowest BCUT2D eigenvalue weighted by Gasteiger charge is -2.06. The Kier molecular flexibility index (Phi) is 3.00. The van der Waals surface area contributed by atoms with Crippen LogP contribution in [0.5, 0.6) is 11.5 Å². The lowest BCUT2D eigenvalue weighted by atomic mass is 10.2. The zero-order valence-corrected chi connectivity index (χ0v) is 10.5. The molecule has 0 aliphatic rings. The zero-order valence-electron chi connectivity index (χ0n) is 9.66. The van der Waals surface area contributed by atoms with Gasteiger partial charge >= 0.3 is 0 Å². The first-order chi connectivity index (χ1) is 8.39. The minimum absolute atomic E-state index is 0.00519. The van der Waals surface area contributed by atoms with E-state index in [1.807, 2.05) is 0 Å². The predicted molar refractivity (Wildman–Crippen MR) is 66.4 cm³/mol. The van der Waals surface area contributed by atoms with Gasteiger partial charge in [-0.2, -0.15) is 0 Å². The van der Waals surface area contributed by atoms with Gasteiger partial charge in [-0.15, -0.1) is 0 Å². The van der Waals surface area contributed by atoms with Crippen molar-refractivity contribution in [1.82, 2.24) is 0 Å². The molecular formula is C13H12O4S. The highest BCUT2D eigenvalue weighted by Gasteiger charge is 2.19. The van der Waals surface area contributed by atoms with Crippen molar-refractivity contribution in [1.29, 1.82) is 0 Å². The molecule has 4 nitrogen and oxygen atoms in total. The number of aromatic hydroxyl groups is 2. The topological polar surface area (TPSA) is 74.6 Å². The van der Waals surface area contributed by atoms with Crippen LogP contribution in [0.3, 0.4) is 0 Å². The maximum absolute atomic E-state index is 12.3. The molecule has 5 heteroatoms. The van der Waals surface area contributed by atoms with Crippen LogP contribution in [0.1, 0.15) is 5.56 Å². The predicted octanol–water partition coefficient (Wildman–Crippen LogP) is 2.24. The third-order valence-electron chi connectivity index (χ3n) is 2.47. The van der Waals surface area contributed by atoms with Crippen LogP contribution in [0.15, 0.2) is 52.3 Å². The molecule has 0 spiro atoms. The van der Waals surface area contributed by atoms with Gasteiger partial charge in [0, 0.05) is 0 Å². The van der Waals surface area contributed by atoms with E-state index in [2.05, 4.69) is 0 Å². The summed E-state index contributed by atoms with van der Waals surface area (Å²) in [6.45, 7) is 1.70. The average Bonchev–Trinajstić information content (AvgIpc) is 2.27. The van der Waals surface area contributed by atoms with E-state index >= 15 is 0 Å². The first kappa shape index (κ1) is 12.4. The van der Waals surface area contributed by atoms with Crippen molar-refractivity contribution in [3.05, 3.63) is 48.0 Å². The van der Waals surface area contributed by atoms with Crippen molar-refractivity contribution in [3.63, 3.8) is 0 Å². The fourth-order valence-corrected chi connectivity index (χ4v) is 3.09. The van der Waals surface area contributed by atoms with E-state index in [0.717, 1.165) is 0 Å². The Bertz CT molecular complexity index is 670. The van der Waals surface area contributed by atoms with Crippen molar-refractivity contribution in [2.75, 3.05) is 0 Å². The second-order valence-corrected chi connectivity index (χ2v) is 5.95. The molecule has 94 valence electrons. The molecule has 0 aromatic heterocycles. The summed E-state index contributed by atoms with van der Waals surface area (Å²) < 4.78 is 24.5. The normalized spacial score (nSPS) is 11.4. The van der Waals surface area contributed by atoms with Crippen molar-refractivity contribution in [3.8, 4) is 11.5 Å². The van der Waals surface area contributed by atoms with Gasteiger partial charge in [0.1, 0.15) is 11.5 Å². The van der Waals surface area contributed by atoms with Crippen molar-refractivity contribution in [2.45, 2.75) is 16.7 Å². The third-order valence-corrected chi connectivity index (χ3v) is 4.20. The summed E-state index contributed by atoms with van der Waals surface area (Å²) in [5.74, 6) is -0.221. The summed E-state index contributed by atoms with van der Waals surface area (Å²) in [4.78, 5) is -0.00176. The van der Waals surface area contributed by atoms with Crippen LogP contribution >= 0.6 is 0 Å². The number of rotatable bonds is 2. The molecule has 18 heavy (non-hydrogen) atoms. The van der Waals surface area contributed by atoms with Crippen LogP contribution in [-0.2, 0) is 9.84 Å². The number of hydrogen-bond donors (Lipinski definition) is 2. The van der Waals surface area contributed by atoms with Gasteiger partial charge in [-0.3, -0.25) is 0 Å². The van der Waals surface area contributed by atoms with Crippen molar-refractivity contribution in [2.24, 2.45) is 0 Å². The molecule has 0 amide bonds. The first-order valence-electron chi connectivity index (χ1n) is 5.24. The van der Waals surface area contributed by atoms with Crippen LogP contribution in [0, 0.1) is 6.92 Å². The lowest BCUT2D eigenvalue weighted by Crippen LogP contribution is -2.02. The Morgan fingerprint density at radius 3 is 2.17 bits per heavy atom. The average molecular weight is 264 g/mol. The molecule has 2 rings (SSSR count). The van der Waals surface area contributed by atoms with Gasteiger partial charge in [0.05, 0.1) is 9.79 Å². The van der Waals surface area contributed by atoms with E-state index in [1.165, 1.54) is 42.5 Å². The number of benzene rings is 2. The molecule has 0 fully saturated rings. The van der Waals surface area contributed by atoms with E-state index in [0.29, 0.717) is 5.56 Å². The fraction of sp³-hybridized carbons (Fsp3) is 0.0769. The Balaban J connectivity index is 2.61. The quantitative estimate of drug-likeness (QED) is 0.872. The first-order valence-corrected chi connectivity index (χ1v) is 6.73. The van der Waals surface area contributed by atoms with Crippen molar-refractivity contribution < 1.29 is 18.6 Å². The lowest BCUT2D eigenvalue weighted by molar-refractivity contribution is 0.472. The third kappa shape index (κ3) is 2.31. The molecule has 0 saturated heterocycles. The van der Waals surface area contributed by atoms with Crippen LogP contribution in [0.4, 0.5) is 0 Å². The summed E-state index contributed by atoms with van der Waals surface area (Å²) in [6.07, 6.45) is 0. The SMILES string of the molecule is Cc1cc(O)cc(S(=O)(=O)c2cccc(O)c2)c1. The molecular weight excluding hydrogens is 252 g/mol. The zero-order chi connectivity index (χ0) is 13.3. The van der Waals surface area contributed by atoms with E-state index < -0.39 is 9.84 Å². The molecule has 0 bridgehead atoms. The molecule has 0 atom stereocenters. The second-order valence-electron chi connectivity index (χ2n) is 4.01. The van der Waals surface area contributed by atoms with E-state index in [4.69, 9.17) is 0 Å². The maximum atomic E-state index is 12.3. The summed E-state index contributed by atoms with van der Waals surface area (Å²) >= 11 is 0. The van der Waals surface area contributed by atoms with Crippen LogP contribution < -0.4 is 0 Å². The Labute approximate surface area is 105 Å². The minimum atomic E-state index is -3.73. The molecule has 0 saturated carbocycles. The van der Waals surface area contributed by atoms with Gasteiger partial charge in [0.2, 0.25) is 9.84 Å². The van der Waals surface area contributed by atoms with Gasteiger partial charge in [0.25, 0.3) is 0 Å². The molecule has 0 radical (unpaired) electrons. The molecule has 2 aromatic rings. The van der Waals surface area contributed by atoms with E-state index in [1.54, 1.807) is 6.92 Å². The Morgan fingerprint density at radius 2 is 1.56 bits per heavy atom. The van der Waals surface area contributed by atoms with Crippen molar-refractivity contribution >= 4 is 9.84 Å². The summed E-state index contributed by atoms with van der Waals surface area (Å²) in [6, 6.07) is 9.56. The smallest absolute Gasteiger partial charge is 0.206 e. The number of phenolic OH excluding ortho intramolecular Hbond substituents is 2. The van der Waals surface area contributed by atoms with Crippen LogP contribution in [-0.4, -0.2) is 18.6 Å². The Hall–Kier alpha value is -2.01. The summed E-state index contributed by atoms with van der Waals surface area (Å²) in [7, 11) is -3.73. The number of sulfone groups is 1. The van der Waals surface area contributed by atoms with Gasteiger partial charge in [0.15, 0.2) is 0 Å². The molecule has 2 N–H and O–H groups in total. The van der Waals surface area contributed by atoms with Gasteiger partial charge < -0.3 is 10.2 Å². The number of hydrogen-bond acceptors (Lipinski definition) is 4. The highest BCUT2D eigenvalue weighted by atomic mass is 32.2. The highest BCUT2D eigenvalue weighted by Crippen LogP contribution is 2.27. The standard InChI is InChI=1S/C13H12O4S/c1-9-5-11(15)8-13(6-9)18(16,17)12-4-2-3-10(14)7-12/h2-8,14-15H,1H3. The second kappa shape index (κ2) is 4.34. The van der Waals surface area contributed by atoms with Gasteiger partial charge in [-0.25, -0.2) is 8.42 Å². The monoisotopic (exact) mass is 264 g/mol. The minimum Gasteiger partial charge on any atom is -0.508 e. The molecule has 0 unspecified atom stereocenters. The maximum Gasteiger partial charge on any atom is 0.206 e. The van der Waals surface area contributed by atoms with Crippen LogP contribution in [0.2, 0.25) is 0 Å². The summed E-state index contributed by atoms with van der Waals surface area (Å²) in [5, 5.41) is 18.8.